The Balaban J connectivity index is 2.39. The van der Waals surface area contributed by atoms with Crippen LogP contribution in [0.15, 0.2) is 0 Å². The molecule has 1 aliphatic rings. The largest absolute Gasteiger partial charge is 0.353 e. The molecule has 0 spiro atoms. The summed E-state index contributed by atoms with van der Waals surface area (Å²) in [5.41, 5.74) is 0. The summed E-state index contributed by atoms with van der Waals surface area (Å²) in [5, 5.41) is 3.06. The number of carbonyl (C=O) groups is 1. The summed E-state index contributed by atoms with van der Waals surface area (Å²) < 4.78 is 0. The molecule has 1 atom stereocenters. The van der Waals surface area contributed by atoms with Crippen LogP contribution in [0.3, 0.4) is 0 Å². The maximum atomic E-state index is 10.9. The van der Waals surface area contributed by atoms with Crippen molar-refractivity contribution in [3.05, 3.63) is 0 Å². The summed E-state index contributed by atoms with van der Waals surface area (Å²) in [6.07, 6.45) is 7.76. The predicted molar refractivity (Wildman–Crippen MR) is 54.5 cm³/mol. The Bertz CT molecular complexity index is 161. The van der Waals surface area contributed by atoms with E-state index in [0.29, 0.717) is 6.04 Å². The highest BCUT2D eigenvalue weighted by atomic mass is 16.1. The Kier molecular flexibility index (Phi) is 4.26. The molecule has 0 aromatic carbocycles. The minimum Gasteiger partial charge on any atom is -0.353 e. The van der Waals surface area contributed by atoms with Gasteiger partial charge in [-0.25, -0.2) is 0 Å². The Morgan fingerprint density at radius 1 is 1.38 bits per heavy atom. The predicted octanol–water partition coefficient (Wildman–Crippen LogP) is 2.48. The van der Waals surface area contributed by atoms with Gasteiger partial charge in [0.2, 0.25) is 5.91 Å². The van der Waals surface area contributed by atoms with Crippen LogP contribution >= 0.6 is 0 Å². The fourth-order valence-electron chi connectivity index (χ4n) is 2.35. The number of hydrogen-bond donors (Lipinski definition) is 1. The first kappa shape index (κ1) is 10.6. The van der Waals surface area contributed by atoms with E-state index in [9.17, 15) is 4.79 Å². The van der Waals surface area contributed by atoms with Crippen LogP contribution < -0.4 is 5.32 Å². The normalized spacial score (nSPS) is 21.1. The van der Waals surface area contributed by atoms with Gasteiger partial charge in [0.05, 0.1) is 0 Å². The van der Waals surface area contributed by atoms with Crippen molar-refractivity contribution >= 4 is 5.91 Å². The van der Waals surface area contributed by atoms with Gasteiger partial charge in [0, 0.05) is 13.0 Å². The van der Waals surface area contributed by atoms with Crippen LogP contribution in [0, 0.1) is 5.92 Å². The Morgan fingerprint density at radius 3 is 2.46 bits per heavy atom. The molecule has 1 rings (SSSR count). The smallest absolute Gasteiger partial charge is 0.217 e. The van der Waals surface area contributed by atoms with Crippen molar-refractivity contribution in [2.45, 2.75) is 58.4 Å². The summed E-state index contributed by atoms with van der Waals surface area (Å²) >= 11 is 0. The van der Waals surface area contributed by atoms with Crippen molar-refractivity contribution in [3.63, 3.8) is 0 Å². The number of carbonyl (C=O) groups excluding carboxylic acids is 1. The first-order chi connectivity index (χ1) is 6.24. The zero-order chi connectivity index (χ0) is 9.68. The van der Waals surface area contributed by atoms with Crippen LogP contribution in [0.25, 0.3) is 0 Å². The van der Waals surface area contributed by atoms with Gasteiger partial charge in [-0.2, -0.15) is 0 Å². The molecule has 1 amide bonds. The lowest BCUT2D eigenvalue weighted by Crippen LogP contribution is -2.39. The average Bonchev–Trinajstić information content (AvgIpc) is 2.15. The van der Waals surface area contributed by atoms with E-state index in [1.165, 1.54) is 32.1 Å². The van der Waals surface area contributed by atoms with Crippen LogP contribution in [0.5, 0.6) is 0 Å². The van der Waals surface area contributed by atoms with Gasteiger partial charge < -0.3 is 5.32 Å². The van der Waals surface area contributed by atoms with Gasteiger partial charge in [-0.05, 0) is 25.2 Å². The Hall–Kier alpha value is -0.530. The zero-order valence-corrected chi connectivity index (χ0v) is 8.81. The summed E-state index contributed by atoms with van der Waals surface area (Å²) in [6.45, 7) is 3.78. The molecule has 0 bridgehead atoms. The number of rotatable bonds is 3. The summed E-state index contributed by atoms with van der Waals surface area (Å²) in [5.74, 6) is 0.861. The molecule has 0 saturated heterocycles. The van der Waals surface area contributed by atoms with Crippen LogP contribution in [0.1, 0.15) is 52.4 Å². The maximum Gasteiger partial charge on any atom is 0.217 e. The molecule has 2 heteroatoms. The maximum absolute atomic E-state index is 10.9. The molecule has 1 fully saturated rings. The van der Waals surface area contributed by atoms with Crippen LogP contribution in [-0.2, 0) is 4.79 Å². The second-order valence-corrected chi connectivity index (χ2v) is 4.11. The van der Waals surface area contributed by atoms with Gasteiger partial charge in [0.25, 0.3) is 0 Å². The lowest BCUT2D eigenvalue weighted by atomic mass is 9.83. The molecule has 0 radical (unpaired) electrons. The van der Waals surface area contributed by atoms with Crippen molar-refractivity contribution in [1.29, 1.82) is 0 Å². The molecule has 76 valence electrons. The Morgan fingerprint density at radius 2 is 2.00 bits per heavy atom. The fourth-order valence-corrected chi connectivity index (χ4v) is 2.35. The van der Waals surface area contributed by atoms with E-state index in [1.807, 2.05) is 0 Å². The van der Waals surface area contributed by atoms with Crippen LogP contribution in [-0.4, -0.2) is 11.9 Å². The minimum absolute atomic E-state index is 0.123. The second-order valence-electron chi connectivity index (χ2n) is 4.11. The second kappa shape index (κ2) is 5.25. The molecule has 1 aliphatic carbocycles. The lowest BCUT2D eigenvalue weighted by molar-refractivity contribution is -0.120. The molecular formula is C11H21NO. The third-order valence-corrected chi connectivity index (χ3v) is 3.05. The molecule has 0 aromatic rings. The number of amides is 1. The standard InChI is InChI=1S/C11H21NO/c1-3-11(12-9(2)13)10-7-5-4-6-8-10/h10-11H,3-8H2,1-2H3,(H,12,13). The first-order valence-corrected chi connectivity index (χ1v) is 5.51. The van der Waals surface area contributed by atoms with Gasteiger partial charge in [-0.1, -0.05) is 26.2 Å². The highest BCUT2D eigenvalue weighted by molar-refractivity contribution is 5.73. The molecule has 1 N–H and O–H groups in total. The minimum atomic E-state index is 0.123. The van der Waals surface area contributed by atoms with E-state index >= 15 is 0 Å². The molecule has 2 nitrogen and oxygen atoms in total. The monoisotopic (exact) mass is 183 g/mol. The highest BCUT2D eigenvalue weighted by Crippen LogP contribution is 2.27. The van der Waals surface area contributed by atoms with E-state index in [0.717, 1.165) is 12.3 Å². The molecule has 1 unspecified atom stereocenters. The topological polar surface area (TPSA) is 29.1 Å². The van der Waals surface area contributed by atoms with Crippen molar-refractivity contribution in [1.82, 2.24) is 5.32 Å². The molecular weight excluding hydrogens is 162 g/mol. The lowest BCUT2D eigenvalue weighted by Gasteiger charge is -2.29. The third-order valence-electron chi connectivity index (χ3n) is 3.05. The van der Waals surface area contributed by atoms with Crippen molar-refractivity contribution in [3.8, 4) is 0 Å². The number of hydrogen-bond acceptors (Lipinski definition) is 1. The SMILES string of the molecule is CCC(NC(C)=O)C1CCCCC1. The van der Waals surface area contributed by atoms with E-state index in [1.54, 1.807) is 6.92 Å². The molecule has 1 saturated carbocycles. The van der Waals surface area contributed by atoms with Gasteiger partial charge >= 0.3 is 0 Å². The van der Waals surface area contributed by atoms with E-state index in [4.69, 9.17) is 0 Å². The van der Waals surface area contributed by atoms with Crippen molar-refractivity contribution < 1.29 is 4.79 Å². The molecule has 0 aliphatic heterocycles. The van der Waals surface area contributed by atoms with Gasteiger partial charge in [0.1, 0.15) is 0 Å². The first-order valence-electron chi connectivity index (χ1n) is 5.51. The van der Waals surface area contributed by atoms with Gasteiger partial charge in [-0.3, -0.25) is 4.79 Å². The third kappa shape index (κ3) is 3.37. The summed E-state index contributed by atoms with van der Waals surface area (Å²) in [7, 11) is 0. The van der Waals surface area contributed by atoms with E-state index in [-0.39, 0.29) is 5.91 Å². The van der Waals surface area contributed by atoms with E-state index in [2.05, 4.69) is 12.2 Å². The average molecular weight is 183 g/mol. The number of nitrogens with one attached hydrogen (secondary N) is 1. The highest BCUT2D eigenvalue weighted by Gasteiger charge is 2.22. The Labute approximate surface area is 81.1 Å². The molecule has 0 aromatic heterocycles. The van der Waals surface area contributed by atoms with Gasteiger partial charge in [-0.15, -0.1) is 0 Å². The quantitative estimate of drug-likeness (QED) is 0.715. The van der Waals surface area contributed by atoms with Crippen LogP contribution in [0.4, 0.5) is 0 Å². The van der Waals surface area contributed by atoms with Crippen molar-refractivity contribution in [2.24, 2.45) is 5.92 Å². The summed E-state index contributed by atoms with van der Waals surface area (Å²) in [6, 6.07) is 0.429. The summed E-state index contributed by atoms with van der Waals surface area (Å²) in [4.78, 5) is 10.9. The van der Waals surface area contributed by atoms with E-state index < -0.39 is 0 Å². The van der Waals surface area contributed by atoms with Crippen molar-refractivity contribution in [2.75, 3.05) is 0 Å². The van der Waals surface area contributed by atoms with Gasteiger partial charge in [0.15, 0.2) is 0 Å². The zero-order valence-electron chi connectivity index (χ0n) is 8.81. The van der Waals surface area contributed by atoms with Crippen LogP contribution in [0.2, 0.25) is 0 Å². The fraction of sp³-hybridized carbons (Fsp3) is 0.909. The molecule has 13 heavy (non-hydrogen) atoms. The molecule has 0 heterocycles.